The van der Waals surface area contributed by atoms with Crippen molar-refractivity contribution in [3.63, 3.8) is 0 Å². The molecule has 0 radical (unpaired) electrons. The first kappa shape index (κ1) is 130. The minimum atomic E-state index is -7.93. The molecule has 0 amide bonds. The average Bonchev–Trinajstić information content (AvgIpc) is 0.717. The molecule has 0 aromatic heterocycles. The van der Waals surface area contributed by atoms with Gasteiger partial charge in [0.15, 0.2) is 0 Å². The lowest BCUT2D eigenvalue weighted by atomic mass is 9.93. The van der Waals surface area contributed by atoms with Crippen LogP contribution in [0.4, 0.5) is 114 Å². The van der Waals surface area contributed by atoms with Crippen molar-refractivity contribution in [2.75, 3.05) is 396 Å². The molecule has 790 valence electrons. The second kappa shape index (κ2) is 78.7. The van der Waals surface area contributed by atoms with Gasteiger partial charge in [-0.15, -0.1) is 0 Å². The zero-order valence-electron chi connectivity index (χ0n) is 72.4. The Hall–Kier alpha value is -3.06. The van der Waals surface area contributed by atoms with Crippen LogP contribution in [0.15, 0.2) is 0 Å². The average molecular weight is 2010 g/mol. The number of alkyl halides is 26. The highest BCUT2D eigenvalue weighted by atomic mass is 19.4. The first-order chi connectivity index (χ1) is 62.1. The third kappa shape index (κ3) is 59.9. The van der Waals surface area contributed by atoms with Crippen LogP contribution in [-0.4, -0.2) is 478 Å². The summed E-state index contributed by atoms with van der Waals surface area (Å²) >= 11 is 0. The molecule has 0 saturated carbocycles. The van der Waals surface area contributed by atoms with E-state index < -0.39 is 111 Å². The maximum atomic E-state index is 13.7. The van der Waals surface area contributed by atoms with Gasteiger partial charge in [-0.25, -0.2) is 0 Å². The van der Waals surface area contributed by atoms with Crippen LogP contribution < -0.4 is 0 Å². The van der Waals surface area contributed by atoms with Crippen LogP contribution in [0.3, 0.4) is 0 Å². The number of aliphatic hydroxyl groups is 2. The zero-order valence-corrected chi connectivity index (χ0v) is 72.4. The van der Waals surface area contributed by atoms with Gasteiger partial charge >= 0.3 is 71.6 Å². The second-order valence-electron chi connectivity index (χ2n) is 25.7. The van der Waals surface area contributed by atoms with E-state index in [2.05, 4.69) is 9.47 Å². The van der Waals surface area contributed by atoms with Crippen LogP contribution in [0, 0.1) is 0 Å². The van der Waals surface area contributed by atoms with E-state index in [-0.39, 0.29) is 106 Å². The first-order valence-electron chi connectivity index (χ1n) is 41.0. The fraction of sp³-hybridized carbons (Fsp3) is 1.00. The smallest absolute Gasteiger partial charge is 0.394 e. The lowest BCUT2D eigenvalue weighted by Crippen LogP contribution is -2.70. The molecule has 31 nitrogen and oxygen atoms in total. The topological polar surface area (TPSA) is 308 Å². The second-order valence-corrected chi connectivity index (χ2v) is 25.7. The molecule has 0 atom stereocenters. The highest BCUT2D eigenvalue weighted by molar-refractivity contribution is 5.11. The van der Waals surface area contributed by atoms with Gasteiger partial charge in [-0.2, -0.15) is 114 Å². The summed E-state index contributed by atoms with van der Waals surface area (Å²) in [6, 6.07) is 0. The lowest BCUT2D eigenvalue weighted by Gasteiger charge is -2.39. The van der Waals surface area contributed by atoms with Gasteiger partial charge in [0, 0.05) is 12.8 Å². The largest absolute Gasteiger partial charge is 0.460 e. The van der Waals surface area contributed by atoms with Crippen molar-refractivity contribution in [2.45, 2.75) is 84.4 Å². The summed E-state index contributed by atoms with van der Waals surface area (Å²) in [7, 11) is 0. The molecule has 0 aromatic carbocycles. The molecule has 0 saturated heterocycles. The number of ether oxygens (including phenoxy) is 29. The van der Waals surface area contributed by atoms with E-state index in [0.717, 1.165) is 0 Å². The highest BCUT2D eigenvalue weighted by Gasteiger charge is 2.92. The van der Waals surface area contributed by atoms with Crippen molar-refractivity contribution in [2.24, 2.45) is 0 Å². The number of rotatable bonds is 99. The van der Waals surface area contributed by atoms with E-state index in [4.69, 9.17) is 138 Å². The van der Waals surface area contributed by atoms with Gasteiger partial charge in [-0.3, -0.25) is 0 Å². The first-order valence-corrected chi connectivity index (χ1v) is 41.0. The Morgan fingerprint density at radius 1 is 0.107 bits per heavy atom. The van der Waals surface area contributed by atoms with Crippen LogP contribution >= 0.6 is 0 Å². The number of halogens is 26. The molecule has 0 rings (SSSR count). The summed E-state index contributed by atoms with van der Waals surface area (Å²) in [5.41, 5.74) is 0. The molecule has 0 spiro atoms. The van der Waals surface area contributed by atoms with Gasteiger partial charge < -0.3 is 148 Å². The van der Waals surface area contributed by atoms with Gasteiger partial charge in [0.2, 0.25) is 0 Å². The molecule has 0 heterocycles. The fourth-order valence-corrected chi connectivity index (χ4v) is 8.59. The van der Waals surface area contributed by atoms with Gasteiger partial charge in [-0.1, -0.05) is 0 Å². The monoisotopic (exact) mass is 2000 g/mol. The number of hydrogen-bond donors (Lipinski definition) is 2. The van der Waals surface area contributed by atoms with Crippen LogP contribution in [0.1, 0.15) is 12.8 Å². The predicted octanol–water partition coefficient (Wildman–Crippen LogP) is 8.70. The summed E-state index contributed by atoms with van der Waals surface area (Å²) in [5.74, 6) is -74.1. The summed E-state index contributed by atoms with van der Waals surface area (Å²) in [4.78, 5) is 0. The molecule has 0 aliphatic heterocycles. The summed E-state index contributed by atoms with van der Waals surface area (Å²) in [5, 5.41) is 17.2. The van der Waals surface area contributed by atoms with E-state index in [1.807, 2.05) is 0 Å². The SMILES string of the molecule is OCCOCCOCCOCCOCCOCCOCCOCCOCCOCCOCCOCCOCCOCCOCCC(F)(F)C(F)(F)C(F)(F)C(F)(F)C(F)(F)C(F)(F)F.OCCOCCOCCOCCOCCOCCOCCOCCOCCOCCOCCOCCOCCOCCOCCOCCC(F)(F)C(F)(F)C(F)(F)C(F)(F)C(F)(F)C(F)(F)F. The summed E-state index contributed by atoms with van der Waals surface area (Å²) in [6.07, 6.45) is -19.8. The van der Waals surface area contributed by atoms with Crippen molar-refractivity contribution in [1.29, 1.82) is 0 Å². The molecular formula is C74H126F26O31. The number of hydrogen-bond acceptors (Lipinski definition) is 31. The van der Waals surface area contributed by atoms with Gasteiger partial charge in [0.05, 0.1) is 396 Å². The zero-order chi connectivity index (χ0) is 98.3. The minimum Gasteiger partial charge on any atom is -0.394 e. The van der Waals surface area contributed by atoms with E-state index in [9.17, 15) is 114 Å². The Labute approximate surface area is 741 Å². The standard InChI is InChI=1S/C38H65F13O16.C36H61F13O15/c39-33(40,34(41,42)35(43,44)36(45,46)37(47,48)38(49,50)51)1-3-53-5-7-55-9-11-57-13-15-59-17-19-61-21-23-63-25-27-65-29-31-67-32-30-66-28-26-64-24-22-62-20-18-60-16-14-58-12-10-56-8-6-54-4-2-52;37-31(38,32(39,40)33(41,42)34(43,44)35(45,46)36(47,48)49)1-3-51-5-7-53-9-11-55-13-15-57-17-19-59-21-23-61-25-27-63-29-30-64-28-26-62-24-22-60-20-18-58-16-14-56-12-10-54-8-6-52-4-2-50/h52H,1-32H2;50H,1-30H2. The van der Waals surface area contributed by atoms with Gasteiger partial charge in [-0.05, 0) is 0 Å². The van der Waals surface area contributed by atoms with Crippen molar-refractivity contribution < 1.29 is 262 Å². The lowest BCUT2D eigenvalue weighted by molar-refractivity contribution is -0.440. The molecule has 131 heavy (non-hydrogen) atoms. The Morgan fingerprint density at radius 2 is 0.191 bits per heavy atom. The predicted molar refractivity (Wildman–Crippen MR) is 399 cm³/mol. The molecule has 0 unspecified atom stereocenters. The van der Waals surface area contributed by atoms with Crippen molar-refractivity contribution in [3.05, 3.63) is 0 Å². The Balaban J connectivity index is 0. The van der Waals surface area contributed by atoms with E-state index in [0.29, 0.717) is 264 Å². The highest BCUT2D eigenvalue weighted by Crippen LogP contribution is 2.62. The third-order valence-corrected chi connectivity index (χ3v) is 15.6. The molecular weight excluding hydrogens is 1880 g/mol. The molecule has 2 N–H and O–H groups in total. The van der Waals surface area contributed by atoms with E-state index >= 15 is 0 Å². The Kier molecular flexibility index (Phi) is 78.1. The van der Waals surface area contributed by atoms with Crippen LogP contribution in [0.25, 0.3) is 0 Å². The Bertz CT molecular complexity index is 2520. The van der Waals surface area contributed by atoms with Crippen LogP contribution in [-0.2, 0) is 137 Å². The van der Waals surface area contributed by atoms with Crippen molar-refractivity contribution in [1.82, 2.24) is 0 Å². The quantitative estimate of drug-likeness (QED) is 0.0425. The van der Waals surface area contributed by atoms with Crippen LogP contribution in [0.2, 0.25) is 0 Å². The van der Waals surface area contributed by atoms with Crippen molar-refractivity contribution >= 4 is 0 Å². The van der Waals surface area contributed by atoms with E-state index in [1.54, 1.807) is 0 Å². The summed E-state index contributed by atoms with van der Waals surface area (Å²) in [6.45, 7) is 12.9. The molecule has 0 aromatic rings. The normalized spacial score (nSPS) is 13.4. The van der Waals surface area contributed by atoms with Gasteiger partial charge in [0.1, 0.15) is 0 Å². The fourth-order valence-electron chi connectivity index (χ4n) is 8.59. The maximum absolute atomic E-state index is 13.7. The molecule has 0 aliphatic rings. The third-order valence-electron chi connectivity index (χ3n) is 15.6. The minimum absolute atomic E-state index is 0.00735. The molecule has 0 bridgehead atoms. The molecule has 0 aliphatic carbocycles. The Morgan fingerprint density at radius 3 is 0.282 bits per heavy atom. The molecule has 57 heteroatoms. The van der Waals surface area contributed by atoms with Gasteiger partial charge in [0.25, 0.3) is 0 Å². The number of aliphatic hydroxyl groups excluding tert-OH is 2. The van der Waals surface area contributed by atoms with Crippen LogP contribution in [0.5, 0.6) is 0 Å². The molecule has 0 fully saturated rings. The van der Waals surface area contributed by atoms with E-state index in [1.165, 1.54) is 0 Å². The summed E-state index contributed by atoms with van der Waals surface area (Å²) < 4.78 is 493. The maximum Gasteiger partial charge on any atom is 0.460 e. The van der Waals surface area contributed by atoms with Crippen molar-refractivity contribution in [3.8, 4) is 0 Å².